The third-order valence-electron chi connectivity index (χ3n) is 2.26. The van der Waals surface area contributed by atoms with Gasteiger partial charge in [-0.3, -0.25) is 4.99 Å². The quantitative estimate of drug-likeness (QED) is 0.562. The first-order valence-electron chi connectivity index (χ1n) is 4.34. The molecule has 0 atom stereocenters. The van der Waals surface area contributed by atoms with Crippen molar-refractivity contribution < 1.29 is 0 Å². The molecule has 0 bridgehead atoms. The van der Waals surface area contributed by atoms with E-state index < -0.39 is 0 Å². The molecule has 1 aliphatic carbocycles. The molecule has 1 fully saturated rings. The molecule has 4 heteroatoms. The molecule has 0 saturated heterocycles. The van der Waals surface area contributed by atoms with E-state index in [4.69, 9.17) is 11.5 Å². The Morgan fingerprint density at radius 2 is 1.75 bits per heavy atom. The minimum Gasteiger partial charge on any atom is -0.370 e. The number of nitrogens with zero attached hydrogens (tertiary/aromatic N) is 1. The molecular formula is C8H18BrN3. The number of rotatable bonds is 2. The van der Waals surface area contributed by atoms with Gasteiger partial charge in [-0.1, -0.05) is 19.3 Å². The zero-order chi connectivity index (χ0) is 8.10. The van der Waals surface area contributed by atoms with Crippen molar-refractivity contribution >= 4 is 22.9 Å². The number of aliphatic imine (C=N–C) groups is 1. The Kier molecular flexibility index (Phi) is 6.16. The van der Waals surface area contributed by atoms with Crippen LogP contribution in [0.4, 0.5) is 0 Å². The van der Waals surface area contributed by atoms with E-state index in [1.54, 1.807) is 0 Å². The van der Waals surface area contributed by atoms with Gasteiger partial charge in [-0.05, 0) is 18.8 Å². The van der Waals surface area contributed by atoms with Crippen LogP contribution in [-0.2, 0) is 0 Å². The highest BCUT2D eigenvalue weighted by atomic mass is 79.9. The molecule has 1 aliphatic rings. The molecule has 0 aromatic carbocycles. The van der Waals surface area contributed by atoms with Crippen LogP contribution in [0.2, 0.25) is 0 Å². The van der Waals surface area contributed by atoms with Crippen LogP contribution in [0.25, 0.3) is 0 Å². The number of hydrogen-bond donors (Lipinski definition) is 2. The average molecular weight is 236 g/mol. The third kappa shape index (κ3) is 4.59. The van der Waals surface area contributed by atoms with Crippen LogP contribution in [0.1, 0.15) is 32.1 Å². The maximum absolute atomic E-state index is 5.24. The van der Waals surface area contributed by atoms with Crippen molar-refractivity contribution in [1.82, 2.24) is 0 Å². The highest BCUT2D eigenvalue weighted by Crippen LogP contribution is 2.23. The Bertz CT molecular complexity index is 137. The fourth-order valence-corrected chi connectivity index (χ4v) is 1.60. The molecule has 1 saturated carbocycles. The monoisotopic (exact) mass is 235 g/mol. The van der Waals surface area contributed by atoms with E-state index in [0.717, 1.165) is 12.5 Å². The summed E-state index contributed by atoms with van der Waals surface area (Å²) in [4.78, 5) is 4.02. The summed E-state index contributed by atoms with van der Waals surface area (Å²) < 4.78 is 0. The molecule has 3 nitrogen and oxygen atoms in total. The van der Waals surface area contributed by atoms with Gasteiger partial charge in [-0.2, -0.15) is 0 Å². The Morgan fingerprint density at radius 3 is 2.25 bits per heavy atom. The van der Waals surface area contributed by atoms with E-state index >= 15 is 0 Å². The van der Waals surface area contributed by atoms with Gasteiger partial charge < -0.3 is 11.5 Å². The second kappa shape index (κ2) is 6.29. The first-order valence-corrected chi connectivity index (χ1v) is 4.34. The van der Waals surface area contributed by atoms with E-state index in [2.05, 4.69) is 4.99 Å². The summed E-state index contributed by atoms with van der Waals surface area (Å²) in [5.41, 5.74) is 10.5. The topological polar surface area (TPSA) is 64.4 Å². The lowest BCUT2D eigenvalue weighted by Crippen LogP contribution is -2.24. The van der Waals surface area contributed by atoms with Crippen LogP contribution in [-0.4, -0.2) is 12.5 Å². The third-order valence-corrected chi connectivity index (χ3v) is 2.26. The molecule has 1 rings (SSSR count). The van der Waals surface area contributed by atoms with Gasteiger partial charge >= 0.3 is 0 Å². The van der Waals surface area contributed by atoms with Crippen molar-refractivity contribution in [2.24, 2.45) is 22.4 Å². The molecular weight excluding hydrogens is 218 g/mol. The minimum absolute atomic E-state index is 0. The first-order chi connectivity index (χ1) is 5.29. The lowest BCUT2D eigenvalue weighted by Gasteiger charge is -2.19. The lowest BCUT2D eigenvalue weighted by atomic mass is 9.89. The maximum atomic E-state index is 5.24. The van der Waals surface area contributed by atoms with Crippen LogP contribution in [0.15, 0.2) is 4.99 Å². The summed E-state index contributed by atoms with van der Waals surface area (Å²) in [6, 6.07) is 0. The molecule has 0 spiro atoms. The van der Waals surface area contributed by atoms with Crippen molar-refractivity contribution in [3.8, 4) is 0 Å². The van der Waals surface area contributed by atoms with Crippen LogP contribution >= 0.6 is 17.0 Å². The number of nitrogens with two attached hydrogens (primary N) is 2. The smallest absolute Gasteiger partial charge is 0.185 e. The van der Waals surface area contributed by atoms with Gasteiger partial charge in [0.2, 0.25) is 0 Å². The minimum atomic E-state index is 0. The summed E-state index contributed by atoms with van der Waals surface area (Å²) in [6.45, 7) is 0.836. The number of guanidine groups is 1. The van der Waals surface area contributed by atoms with E-state index in [1.165, 1.54) is 32.1 Å². The lowest BCUT2D eigenvalue weighted by molar-refractivity contribution is 0.367. The van der Waals surface area contributed by atoms with Crippen molar-refractivity contribution in [3.05, 3.63) is 0 Å². The molecule has 0 unspecified atom stereocenters. The van der Waals surface area contributed by atoms with E-state index in [-0.39, 0.29) is 22.9 Å². The van der Waals surface area contributed by atoms with Crippen LogP contribution in [0.3, 0.4) is 0 Å². The molecule has 4 N–H and O–H groups in total. The zero-order valence-electron chi connectivity index (χ0n) is 7.33. The van der Waals surface area contributed by atoms with Crippen LogP contribution < -0.4 is 11.5 Å². The van der Waals surface area contributed by atoms with Crippen molar-refractivity contribution in [2.45, 2.75) is 32.1 Å². The second-order valence-electron chi connectivity index (χ2n) is 3.27. The van der Waals surface area contributed by atoms with Crippen molar-refractivity contribution in [1.29, 1.82) is 0 Å². The predicted molar refractivity (Wildman–Crippen MR) is 57.6 cm³/mol. The Morgan fingerprint density at radius 1 is 1.17 bits per heavy atom. The number of hydrogen-bond acceptors (Lipinski definition) is 1. The van der Waals surface area contributed by atoms with Gasteiger partial charge in [0.1, 0.15) is 0 Å². The fraction of sp³-hybridized carbons (Fsp3) is 0.875. The first kappa shape index (κ1) is 11.8. The molecule has 0 amide bonds. The maximum Gasteiger partial charge on any atom is 0.185 e. The normalized spacial score (nSPS) is 18.0. The highest BCUT2D eigenvalue weighted by Gasteiger charge is 2.11. The van der Waals surface area contributed by atoms with Gasteiger partial charge in [-0.15, -0.1) is 17.0 Å². The van der Waals surface area contributed by atoms with Crippen molar-refractivity contribution in [2.75, 3.05) is 6.54 Å². The molecule has 0 aliphatic heterocycles. The van der Waals surface area contributed by atoms with Gasteiger partial charge in [-0.25, -0.2) is 0 Å². The summed E-state index contributed by atoms with van der Waals surface area (Å²) in [5.74, 6) is 0.974. The zero-order valence-corrected chi connectivity index (χ0v) is 9.04. The molecule has 0 aromatic rings. The Hall–Kier alpha value is -0.250. The van der Waals surface area contributed by atoms with Gasteiger partial charge in [0.05, 0.1) is 0 Å². The van der Waals surface area contributed by atoms with E-state index in [0.29, 0.717) is 0 Å². The fourth-order valence-electron chi connectivity index (χ4n) is 1.60. The average Bonchev–Trinajstić information content (AvgIpc) is 2.03. The highest BCUT2D eigenvalue weighted by molar-refractivity contribution is 8.93. The molecule has 0 aromatic heterocycles. The summed E-state index contributed by atoms with van der Waals surface area (Å²) >= 11 is 0. The van der Waals surface area contributed by atoms with Gasteiger partial charge in [0, 0.05) is 6.54 Å². The summed E-state index contributed by atoms with van der Waals surface area (Å²) in [5, 5.41) is 0. The molecule has 72 valence electrons. The van der Waals surface area contributed by atoms with E-state index in [1.807, 2.05) is 0 Å². The number of halogens is 1. The summed E-state index contributed by atoms with van der Waals surface area (Å²) in [6.07, 6.45) is 6.70. The summed E-state index contributed by atoms with van der Waals surface area (Å²) in [7, 11) is 0. The standard InChI is InChI=1S/C8H17N3.BrH/c9-8(10)11-6-7-4-2-1-3-5-7;/h7H,1-6H2,(H4,9,10,11);1H. The second-order valence-corrected chi connectivity index (χ2v) is 3.27. The van der Waals surface area contributed by atoms with Gasteiger partial charge in [0.15, 0.2) is 5.96 Å². The van der Waals surface area contributed by atoms with E-state index in [9.17, 15) is 0 Å². The van der Waals surface area contributed by atoms with Crippen LogP contribution in [0.5, 0.6) is 0 Å². The molecule has 12 heavy (non-hydrogen) atoms. The molecule has 0 radical (unpaired) electrons. The van der Waals surface area contributed by atoms with Crippen LogP contribution in [0, 0.1) is 5.92 Å². The Labute approximate surface area is 84.4 Å². The Balaban J connectivity index is 0.00000121. The molecule has 0 heterocycles. The van der Waals surface area contributed by atoms with Crippen molar-refractivity contribution in [3.63, 3.8) is 0 Å². The predicted octanol–water partition coefficient (Wildman–Crippen LogP) is 1.42. The largest absolute Gasteiger partial charge is 0.370 e. The van der Waals surface area contributed by atoms with Gasteiger partial charge in [0.25, 0.3) is 0 Å². The SMILES string of the molecule is Br.NC(N)=NCC1CCCCC1.